The van der Waals surface area contributed by atoms with Crippen LogP contribution in [0.5, 0.6) is 23.0 Å². The summed E-state index contributed by atoms with van der Waals surface area (Å²) in [5.41, 5.74) is -0.589. The van der Waals surface area contributed by atoms with Crippen LogP contribution in [0.1, 0.15) is 33.6 Å². The van der Waals surface area contributed by atoms with Crippen molar-refractivity contribution < 1.29 is 24.5 Å². The van der Waals surface area contributed by atoms with E-state index in [-0.39, 0.29) is 39.7 Å². The summed E-state index contributed by atoms with van der Waals surface area (Å²) in [5.74, 6) is -0.380. The van der Waals surface area contributed by atoms with E-state index < -0.39 is 11.0 Å². The highest BCUT2D eigenvalue weighted by atomic mass is 16.5. The van der Waals surface area contributed by atoms with E-state index in [1.165, 1.54) is 18.2 Å². The standard InChI is InChI=1S/C21H22O6/c1-4-9-21(2,3)27-20-18(25)17-15(24)10-14(23)11-16(17)26-19(20)12-5-7-13(22)8-6-12/h5-8,10-11,22-24H,4,9H2,1-3H3. The van der Waals surface area contributed by atoms with Gasteiger partial charge in [-0.15, -0.1) is 0 Å². The molecule has 27 heavy (non-hydrogen) atoms. The van der Waals surface area contributed by atoms with Crippen LogP contribution in [-0.4, -0.2) is 20.9 Å². The van der Waals surface area contributed by atoms with Crippen LogP contribution in [0.2, 0.25) is 0 Å². The Labute approximate surface area is 156 Å². The van der Waals surface area contributed by atoms with Gasteiger partial charge in [0.15, 0.2) is 5.76 Å². The predicted molar refractivity (Wildman–Crippen MR) is 103 cm³/mol. The summed E-state index contributed by atoms with van der Waals surface area (Å²) in [6, 6.07) is 8.49. The van der Waals surface area contributed by atoms with E-state index in [1.54, 1.807) is 12.1 Å². The van der Waals surface area contributed by atoms with Gasteiger partial charge in [-0.2, -0.15) is 0 Å². The molecule has 1 heterocycles. The van der Waals surface area contributed by atoms with Crippen LogP contribution >= 0.6 is 0 Å². The molecule has 0 saturated carbocycles. The molecule has 0 aliphatic rings. The summed E-state index contributed by atoms with van der Waals surface area (Å²) < 4.78 is 11.9. The van der Waals surface area contributed by atoms with Gasteiger partial charge in [-0.3, -0.25) is 4.79 Å². The number of benzene rings is 2. The van der Waals surface area contributed by atoms with Gasteiger partial charge in [0.05, 0.1) is 0 Å². The Morgan fingerprint density at radius 1 is 1.04 bits per heavy atom. The Hall–Kier alpha value is -3.15. The minimum atomic E-state index is -0.630. The van der Waals surface area contributed by atoms with E-state index in [0.717, 1.165) is 12.5 Å². The zero-order valence-electron chi connectivity index (χ0n) is 15.4. The van der Waals surface area contributed by atoms with Crippen molar-refractivity contribution in [3.8, 4) is 34.3 Å². The molecule has 0 unspecified atom stereocenters. The number of fused-ring (bicyclic) bond motifs is 1. The Balaban J connectivity index is 2.32. The average Bonchev–Trinajstić information content (AvgIpc) is 2.57. The summed E-state index contributed by atoms with van der Waals surface area (Å²) >= 11 is 0. The maximum Gasteiger partial charge on any atom is 0.239 e. The molecule has 0 bridgehead atoms. The Morgan fingerprint density at radius 2 is 1.70 bits per heavy atom. The van der Waals surface area contributed by atoms with Gasteiger partial charge >= 0.3 is 0 Å². The van der Waals surface area contributed by atoms with Crippen molar-refractivity contribution in [2.75, 3.05) is 0 Å². The largest absolute Gasteiger partial charge is 0.508 e. The summed E-state index contributed by atoms with van der Waals surface area (Å²) in [7, 11) is 0. The highest BCUT2D eigenvalue weighted by Gasteiger charge is 2.26. The molecule has 0 atom stereocenters. The van der Waals surface area contributed by atoms with Gasteiger partial charge in [-0.05, 0) is 44.5 Å². The zero-order chi connectivity index (χ0) is 19.8. The van der Waals surface area contributed by atoms with E-state index in [1.807, 2.05) is 20.8 Å². The van der Waals surface area contributed by atoms with Crippen molar-refractivity contribution in [1.29, 1.82) is 0 Å². The third-order valence-corrected chi connectivity index (χ3v) is 4.28. The van der Waals surface area contributed by atoms with Gasteiger partial charge in [-0.25, -0.2) is 0 Å². The summed E-state index contributed by atoms with van der Waals surface area (Å²) in [4.78, 5) is 13.1. The van der Waals surface area contributed by atoms with Crippen molar-refractivity contribution in [2.24, 2.45) is 0 Å². The second kappa shape index (κ2) is 6.87. The molecule has 0 aliphatic heterocycles. The van der Waals surface area contributed by atoms with Gasteiger partial charge in [0.2, 0.25) is 11.2 Å². The Morgan fingerprint density at radius 3 is 2.33 bits per heavy atom. The van der Waals surface area contributed by atoms with Crippen LogP contribution in [0.15, 0.2) is 45.6 Å². The van der Waals surface area contributed by atoms with Crippen LogP contribution in [0, 0.1) is 0 Å². The lowest BCUT2D eigenvalue weighted by atomic mass is 10.0. The number of hydrogen-bond donors (Lipinski definition) is 3. The van der Waals surface area contributed by atoms with Crippen LogP contribution in [0.25, 0.3) is 22.3 Å². The molecule has 0 fully saturated rings. The van der Waals surface area contributed by atoms with Crippen LogP contribution in [0.4, 0.5) is 0 Å². The second-order valence-electron chi connectivity index (χ2n) is 7.09. The molecule has 0 spiro atoms. The first-order chi connectivity index (χ1) is 12.7. The van der Waals surface area contributed by atoms with E-state index in [9.17, 15) is 20.1 Å². The summed E-state index contributed by atoms with van der Waals surface area (Å²) in [6.45, 7) is 5.76. The molecule has 1 aromatic heterocycles. The lowest BCUT2D eigenvalue weighted by molar-refractivity contribution is 0.0959. The molecule has 0 saturated heterocycles. The molecule has 142 valence electrons. The number of hydrogen-bond acceptors (Lipinski definition) is 6. The van der Waals surface area contributed by atoms with Gasteiger partial charge in [0, 0.05) is 17.7 Å². The molecule has 2 aromatic carbocycles. The van der Waals surface area contributed by atoms with Gasteiger partial charge in [0.25, 0.3) is 0 Å². The van der Waals surface area contributed by atoms with E-state index in [2.05, 4.69) is 0 Å². The maximum atomic E-state index is 13.1. The Kier molecular flexibility index (Phi) is 4.74. The third kappa shape index (κ3) is 3.69. The highest BCUT2D eigenvalue weighted by Crippen LogP contribution is 2.37. The van der Waals surface area contributed by atoms with Crippen molar-refractivity contribution >= 4 is 11.0 Å². The number of rotatable bonds is 5. The van der Waals surface area contributed by atoms with Crippen molar-refractivity contribution in [2.45, 2.75) is 39.2 Å². The molecule has 6 nitrogen and oxygen atoms in total. The number of ether oxygens (including phenoxy) is 1. The van der Waals surface area contributed by atoms with Crippen molar-refractivity contribution in [1.82, 2.24) is 0 Å². The molecule has 3 rings (SSSR count). The first kappa shape index (κ1) is 18.6. The highest BCUT2D eigenvalue weighted by molar-refractivity contribution is 5.88. The SMILES string of the molecule is CCCC(C)(C)Oc1c(-c2ccc(O)cc2)oc2cc(O)cc(O)c2c1=O. The van der Waals surface area contributed by atoms with Gasteiger partial charge in [-0.1, -0.05) is 13.3 Å². The lowest BCUT2D eigenvalue weighted by Gasteiger charge is -2.26. The van der Waals surface area contributed by atoms with E-state index in [0.29, 0.717) is 12.0 Å². The summed E-state index contributed by atoms with van der Waals surface area (Å²) in [5, 5.41) is 29.4. The van der Waals surface area contributed by atoms with Crippen LogP contribution in [-0.2, 0) is 0 Å². The molecule has 0 amide bonds. The third-order valence-electron chi connectivity index (χ3n) is 4.28. The molecule has 6 heteroatoms. The normalized spacial score (nSPS) is 11.7. The first-order valence-corrected chi connectivity index (χ1v) is 8.73. The minimum absolute atomic E-state index is 0.0207. The smallest absolute Gasteiger partial charge is 0.239 e. The van der Waals surface area contributed by atoms with Gasteiger partial charge in [0.1, 0.15) is 33.8 Å². The molecule has 3 aromatic rings. The molecular weight excluding hydrogens is 348 g/mol. The van der Waals surface area contributed by atoms with E-state index in [4.69, 9.17) is 9.15 Å². The lowest BCUT2D eigenvalue weighted by Crippen LogP contribution is -2.30. The zero-order valence-corrected chi connectivity index (χ0v) is 15.4. The fourth-order valence-corrected chi connectivity index (χ4v) is 3.09. The maximum absolute atomic E-state index is 13.1. The van der Waals surface area contributed by atoms with Crippen molar-refractivity contribution in [3.05, 3.63) is 46.6 Å². The van der Waals surface area contributed by atoms with E-state index >= 15 is 0 Å². The monoisotopic (exact) mass is 370 g/mol. The predicted octanol–water partition coefficient (Wildman–Crippen LogP) is 4.53. The number of aromatic hydroxyl groups is 3. The average molecular weight is 370 g/mol. The fourth-order valence-electron chi connectivity index (χ4n) is 3.09. The number of phenols is 3. The fraction of sp³-hybridized carbons (Fsp3) is 0.286. The molecule has 0 aliphatic carbocycles. The molecular formula is C21H22O6. The first-order valence-electron chi connectivity index (χ1n) is 8.73. The van der Waals surface area contributed by atoms with Crippen molar-refractivity contribution in [3.63, 3.8) is 0 Å². The Bertz CT molecular complexity index is 1030. The van der Waals surface area contributed by atoms with Crippen LogP contribution in [0.3, 0.4) is 0 Å². The quantitative estimate of drug-likeness (QED) is 0.610. The minimum Gasteiger partial charge on any atom is -0.508 e. The molecule has 3 N–H and O–H groups in total. The summed E-state index contributed by atoms with van der Waals surface area (Å²) in [6.07, 6.45) is 1.57. The van der Waals surface area contributed by atoms with Crippen LogP contribution < -0.4 is 10.2 Å². The molecule has 0 radical (unpaired) electrons. The second-order valence-corrected chi connectivity index (χ2v) is 7.09. The van der Waals surface area contributed by atoms with Gasteiger partial charge < -0.3 is 24.5 Å². The number of phenolic OH excluding ortho intramolecular Hbond substituents is 3. The topological polar surface area (TPSA) is 100 Å².